The molecule has 1 unspecified atom stereocenters. The molecule has 1 aromatic carbocycles. The average molecular weight is 402 g/mol. The minimum absolute atomic E-state index is 0. The maximum atomic E-state index is 12.5. The van der Waals surface area contributed by atoms with Crippen LogP contribution in [0.3, 0.4) is 0 Å². The molecule has 0 radical (unpaired) electrons. The zero-order valence-electron chi connectivity index (χ0n) is 13.3. The van der Waals surface area contributed by atoms with E-state index in [1.165, 1.54) is 16.4 Å². The van der Waals surface area contributed by atoms with Gasteiger partial charge in [-0.15, -0.1) is 12.4 Å². The molecule has 25 heavy (non-hydrogen) atoms. The Bertz CT molecular complexity index is 725. The van der Waals surface area contributed by atoms with Gasteiger partial charge in [-0.05, 0) is 42.6 Å². The molecule has 1 atom stereocenters. The Hall–Kier alpha value is -1.36. The molecule has 6 nitrogen and oxygen atoms in total. The number of benzene rings is 1. The second-order valence-corrected chi connectivity index (χ2v) is 8.02. The number of alkyl halides is 3. The van der Waals surface area contributed by atoms with Gasteiger partial charge in [0, 0.05) is 18.8 Å². The molecule has 142 valence electrons. The molecule has 0 aliphatic carbocycles. The standard InChI is InChI=1S/C14H18F3N3O3S.ClH/c1-13(8-18)6-7-20(9-13)24(22,23)11-4-2-10(3-5-11)19-12(21)14(15,16)17;/h2-5H,6-9,18H2,1H3,(H,19,21);1H. The van der Waals surface area contributed by atoms with E-state index < -0.39 is 22.1 Å². The highest BCUT2D eigenvalue weighted by Gasteiger charge is 2.40. The number of hydrogen-bond donors (Lipinski definition) is 2. The lowest BCUT2D eigenvalue weighted by Crippen LogP contribution is -2.34. The maximum Gasteiger partial charge on any atom is 0.471 e. The predicted molar refractivity (Wildman–Crippen MR) is 88.9 cm³/mol. The molecule has 3 N–H and O–H groups in total. The van der Waals surface area contributed by atoms with Crippen LogP contribution in [0.2, 0.25) is 0 Å². The van der Waals surface area contributed by atoms with Crippen molar-refractivity contribution in [3.63, 3.8) is 0 Å². The summed E-state index contributed by atoms with van der Waals surface area (Å²) in [6, 6.07) is 4.57. The molecular weight excluding hydrogens is 383 g/mol. The third-order valence-electron chi connectivity index (χ3n) is 4.02. The van der Waals surface area contributed by atoms with E-state index in [1.54, 1.807) is 5.32 Å². The van der Waals surface area contributed by atoms with Gasteiger partial charge in [0.2, 0.25) is 10.0 Å². The van der Waals surface area contributed by atoms with Crippen LogP contribution in [0.5, 0.6) is 0 Å². The quantitative estimate of drug-likeness (QED) is 0.806. The SMILES string of the molecule is CC1(CN)CCN(S(=O)(=O)c2ccc(NC(=O)C(F)(F)F)cc2)C1.Cl. The van der Waals surface area contributed by atoms with Crippen LogP contribution in [0.15, 0.2) is 29.2 Å². The van der Waals surface area contributed by atoms with Crippen molar-refractivity contribution in [1.82, 2.24) is 4.31 Å². The Morgan fingerprint density at radius 1 is 1.32 bits per heavy atom. The molecule has 0 bridgehead atoms. The van der Waals surface area contributed by atoms with E-state index in [0.29, 0.717) is 26.1 Å². The highest BCUT2D eigenvalue weighted by molar-refractivity contribution is 7.89. The van der Waals surface area contributed by atoms with Gasteiger partial charge in [-0.1, -0.05) is 6.92 Å². The van der Waals surface area contributed by atoms with E-state index in [2.05, 4.69) is 0 Å². The minimum Gasteiger partial charge on any atom is -0.330 e. The lowest BCUT2D eigenvalue weighted by molar-refractivity contribution is -0.167. The fraction of sp³-hybridized carbons (Fsp3) is 0.500. The van der Waals surface area contributed by atoms with Gasteiger partial charge in [-0.25, -0.2) is 8.42 Å². The Labute approximate surface area is 150 Å². The third-order valence-corrected chi connectivity index (χ3v) is 5.88. The molecule has 11 heteroatoms. The molecule has 2 rings (SSSR count). The summed E-state index contributed by atoms with van der Waals surface area (Å²) in [7, 11) is -3.75. The average Bonchev–Trinajstić information content (AvgIpc) is 2.91. The van der Waals surface area contributed by atoms with Crippen LogP contribution in [0.25, 0.3) is 0 Å². The first kappa shape index (κ1) is 21.7. The monoisotopic (exact) mass is 401 g/mol. The van der Waals surface area contributed by atoms with Crippen molar-refractivity contribution in [2.45, 2.75) is 24.4 Å². The second kappa shape index (κ2) is 7.48. The van der Waals surface area contributed by atoms with Crippen molar-refractivity contribution >= 4 is 34.0 Å². The van der Waals surface area contributed by atoms with Crippen LogP contribution < -0.4 is 11.1 Å². The summed E-state index contributed by atoms with van der Waals surface area (Å²) in [6.45, 7) is 2.89. The van der Waals surface area contributed by atoms with E-state index in [9.17, 15) is 26.4 Å². The van der Waals surface area contributed by atoms with E-state index in [4.69, 9.17) is 5.73 Å². The number of nitrogens with one attached hydrogen (secondary N) is 1. The van der Waals surface area contributed by atoms with Crippen molar-refractivity contribution in [1.29, 1.82) is 0 Å². The first-order valence-electron chi connectivity index (χ1n) is 7.16. The van der Waals surface area contributed by atoms with Crippen molar-refractivity contribution in [2.75, 3.05) is 25.0 Å². The summed E-state index contributed by atoms with van der Waals surface area (Å²) in [5.41, 5.74) is 5.24. The summed E-state index contributed by atoms with van der Waals surface area (Å²) in [5.74, 6) is -2.11. The summed E-state index contributed by atoms with van der Waals surface area (Å²) in [4.78, 5) is 10.8. The number of nitrogens with zero attached hydrogens (tertiary/aromatic N) is 1. The molecular formula is C14H19ClF3N3O3S. The molecule has 0 spiro atoms. The number of halogens is 4. The van der Waals surface area contributed by atoms with Gasteiger partial charge >= 0.3 is 12.1 Å². The number of rotatable bonds is 4. The smallest absolute Gasteiger partial charge is 0.330 e. The Morgan fingerprint density at radius 2 is 1.88 bits per heavy atom. The van der Waals surface area contributed by atoms with Gasteiger partial charge in [0.05, 0.1) is 4.90 Å². The zero-order chi connectivity index (χ0) is 18.2. The van der Waals surface area contributed by atoms with E-state index >= 15 is 0 Å². The number of carbonyl (C=O) groups excluding carboxylic acids is 1. The van der Waals surface area contributed by atoms with Crippen molar-refractivity contribution in [2.24, 2.45) is 11.1 Å². The number of sulfonamides is 1. The normalized spacial score (nSPS) is 21.6. The molecule has 1 aromatic rings. The van der Waals surface area contributed by atoms with Crippen LogP contribution in [-0.2, 0) is 14.8 Å². The van der Waals surface area contributed by atoms with Gasteiger partial charge in [-0.3, -0.25) is 4.79 Å². The molecule has 1 fully saturated rings. The summed E-state index contributed by atoms with van der Waals surface area (Å²) < 4.78 is 63.0. The number of carbonyl (C=O) groups is 1. The van der Waals surface area contributed by atoms with Gasteiger partial charge in [0.15, 0.2) is 0 Å². The first-order valence-corrected chi connectivity index (χ1v) is 8.60. The topological polar surface area (TPSA) is 92.5 Å². The number of anilines is 1. The van der Waals surface area contributed by atoms with E-state index in [-0.39, 0.29) is 28.4 Å². The lowest BCUT2D eigenvalue weighted by atomic mass is 9.90. The fourth-order valence-corrected chi connectivity index (χ4v) is 4.00. The van der Waals surface area contributed by atoms with Crippen molar-refractivity contribution < 1.29 is 26.4 Å². The molecule has 0 aromatic heterocycles. The molecule has 1 amide bonds. The number of nitrogens with two attached hydrogens (primary N) is 1. The van der Waals surface area contributed by atoms with Crippen molar-refractivity contribution in [3.8, 4) is 0 Å². The van der Waals surface area contributed by atoms with Crippen LogP contribution in [0.1, 0.15) is 13.3 Å². The van der Waals surface area contributed by atoms with Gasteiger partial charge in [0.1, 0.15) is 0 Å². The van der Waals surface area contributed by atoms with Crippen LogP contribution in [-0.4, -0.2) is 44.4 Å². The van der Waals surface area contributed by atoms with Gasteiger partial charge in [-0.2, -0.15) is 17.5 Å². The summed E-state index contributed by atoms with van der Waals surface area (Å²) in [5, 5.41) is 1.66. The molecule has 0 saturated carbocycles. The Kier molecular flexibility index (Phi) is 6.49. The van der Waals surface area contributed by atoms with Crippen LogP contribution in [0, 0.1) is 5.41 Å². The number of amides is 1. The Morgan fingerprint density at radius 3 is 2.32 bits per heavy atom. The largest absolute Gasteiger partial charge is 0.471 e. The Balaban J connectivity index is 0.00000312. The molecule has 1 aliphatic heterocycles. The van der Waals surface area contributed by atoms with Crippen LogP contribution >= 0.6 is 12.4 Å². The molecule has 1 heterocycles. The maximum absolute atomic E-state index is 12.5. The summed E-state index contributed by atoms with van der Waals surface area (Å²) >= 11 is 0. The first-order chi connectivity index (χ1) is 11.0. The van der Waals surface area contributed by atoms with Gasteiger partial charge in [0.25, 0.3) is 0 Å². The fourth-order valence-electron chi connectivity index (χ4n) is 2.41. The predicted octanol–water partition coefficient (Wildman–Crippen LogP) is 1.97. The zero-order valence-corrected chi connectivity index (χ0v) is 15.0. The van der Waals surface area contributed by atoms with Crippen molar-refractivity contribution in [3.05, 3.63) is 24.3 Å². The highest BCUT2D eigenvalue weighted by Crippen LogP contribution is 2.32. The lowest BCUT2D eigenvalue weighted by Gasteiger charge is -2.22. The van der Waals surface area contributed by atoms with E-state index in [1.807, 2.05) is 6.92 Å². The third kappa shape index (κ3) is 4.84. The van der Waals surface area contributed by atoms with E-state index in [0.717, 1.165) is 12.1 Å². The summed E-state index contributed by atoms with van der Waals surface area (Å²) in [6.07, 6.45) is -4.37. The van der Waals surface area contributed by atoms with Crippen LogP contribution in [0.4, 0.5) is 18.9 Å². The molecule has 1 saturated heterocycles. The highest BCUT2D eigenvalue weighted by atomic mass is 35.5. The van der Waals surface area contributed by atoms with Gasteiger partial charge < -0.3 is 11.1 Å². The molecule has 1 aliphatic rings. The second-order valence-electron chi connectivity index (χ2n) is 6.08. The number of hydrogen-bond acceptors (Lipinski definition) is 4. The minimum atomic E-state index is -5.01.